The summed E-state index contributed by atoms with van der Waals surface area (Å²) < 4.78 is 31.1. The third kappa shape index (κ3) is 4.02. The van der Waals surface area contributed by atoms with Crippen LogP contribution in [0.15, 0.2) is 40.8 Å². The number of hydrogen-bond donors (Lipinski definition) is 1. The Kier molecular flexibility index (Phi) is 5.42. The average Bonchev–Trinajstić information content (AvgIpc) is 2.91. The predicted octanol–water partition coefficient (Wildman–Crippen LogP) is 5.14. The molecule has 3 aromatic rings. The van der Waals surface area contributed by atoms with Crippen molar-refractivity contribution in [1.82, 2.24) is 5.32 Å². The van der Waals surface area contributed by atoms with E-state index in [1.165, 1.54) is 12.1 Å². The van der Waals surface area contributed by atoms with Crippen LogP contribution in [0.5, 0.6) is 11.5 Å². The summed E-state index contributed by atoms with van der Waals surface area (Å²) in [6.07, 6.45) is 0. The van der Waals surface area contributed by atoms with Crippen molar-refractivity contribution in [2.75, 3.05) is 13.7 Å². The SMILES string of the molecule is COCC(C)(C)NC(=O)c1c(C)oc2cc(F)c(Oc3ccccc3C)cc12. The van der Waals surface area contributed by atoms with Crippen LogP contribution in [-0.4, -0.2) is 25.2 Å². The van der Waals surface area contributed by atoms with Gasteiger partial charge in [-0.25, -0.2) is 4.39 Å². The summed E-state index contributed by atoms with van der Waals surface area (Å²) in [6.45, 7) is 7.63. The molecule has 0 aliphatic heterocycles. The average molecular weight is 385 g/mol. The lowest BCUT2D eigenvalue weighted by molar-refractivity contribution is 0.0820. The highest BCUT2D eigenvalue weighted by atomic mass is 19.1. The van der Waals surface area contributed by atoms with E-state index < -0.39 is 11.4 Å². The Morgan fingerprint density at radius 2 is 1.89 bits per heavy atom. The van der Waals surface area contributed by atoms with Crippen molar-refractivity contribution in [1.29, 1.82) is 0 Å². The number of rotatable bonds is 6. The van der Waals surface area contributed by atoms with Gasteiger partial charge in [0.1, 0.15) is 17.1 Å². The highest BCUT2D eigenvalue weighted by Crippen LogP contribution is 2.34. The molecule has 0 fully saturated rings. The summed E-state index contributed by atoms with van der Waals surface area (Å²) in [5.41, 5.74) is 0.961. The van der Waals surface area contributed by atoms with Gasteiger partial charge in [-0.15, -0.1) is 0 Å². The molecule has 28 heavy (non-hydrogen) atoms. The summed E-state index contributed by atoms with van der Waals surface area (Å²) in [5.74, 6) is 0.122. The standard InChI is InChI=1S/C22H24FNO4/c1-13-8-6-7-9-17(13)28-19-10-15-18(11-16(19)23)27-14(2)20(15)21(25)24-22(3,4)12-26-5/h6-11H,12H2,1-5H3,(H,24,25). The fourth-order valence-corrected chi connectivity index (χ4v) is 3.14. The number of halogens is 1. The van der Waals surface area contributed by atoms with Crippen LogP contribution < -0.4 is 10.1 Å². The molecule has 0 saturated heterocycles. The zero-order valence-corrected chi connectivity index (χ0v) is 16.7. The molecule has 0 aliphatic rings. The Morgan fingerprint density at radius 1 is 1.18 bits per heavy atom. The molecule has 5 nitrogen and oxygen atoms in total. The second kappa shape index (κ2) is 7.64. The zero-order chi connectivity index (χ0) is 20.5. The molecule has 3 rings (SSSR count). The zero-order valence-electron chi connectivity index (χ0n) is 16.7. The monoisotopic (exact) mass is 385 g/mol. The summed E-state index contributed by atoms with van der Waals surface area (Å²) >= 11 is 0. The van der Waals surface area contributed by atoms with E-state index in [2.05, 4.69) is 5.32 Å². The van der Waals surface area contributed by atoms with Crippen LogP contribution in [0.3, 0.4) is 0 Å². The Balaban J connectivity index is 2.01. The number of furan rings is 1. The Hall–Kier alpha value is -2.86. The van der Waals surface area contributed by atoms with Crippen LogP contribution in [0, 0.1) is 19.7 Å². The van der Waals surface area contributed by atoms with Gasteiger partial charge in [-0.1, -0.05) is 18.2 Å². The van der Waals surface area contributed by atoms with E-state index in [9.17, 15) is 9.18 Å². The van der Waals surface area contributed by atoms with Crippen LogP contribution in [0.4, 0.5) is 4.39 Å². The lowest BCUT2D eigenvalue weighted by atomic mass is 10.0. The summed E-state index contributed by atoms with van der Waals surface area (Å²) in [7, 11) is 1.57. The van der Waals surface area contributed by atoms with Gasteiger partial charge in [-0.2, -0.15) is 0 Å². The van der Waals surface area contributed by atoms with Crippen LogP contribution in [0.1, 0.15) is 35.5 Å². The predicted molar refractivity (Wildman–Crippen MR) is 106 cm³/mol. The minimum absolute atomic E-state index is 0.0350. The summed E-state index contributed by atoms with van der Waals surface area (Å²) in [6, 6.07) is 10.1. The molecular weight excluding hydrogens is 361 g/mol. The maximum absolute atomic E-state index is 14.5. The van der Waals surface area contributed by atoms with Gasteiger partial charge in [-0.05, 0) is 45.4 Å². The van der Waals surface area contributed by atoms with Gasteiger partial charge in [0.05, 0.1) is 17.7 Å². The van der Waals surface area contributed by atoms with Gasteiger partial charge in [0.25, 0.3) is 5.91 Å². The van der Waals surface area contributed by atoms with Gasteiger partial charge < -0.3 is 19.2 Å². The molecule has 0 bridgehead atoms. The van der Waals surface area contributed by atoms with Crippen molar-refractivity contribution >= 4 is 16.9 Å². The minimum Gasteiger partial charge on any atom is -0.460 e. The number of para-hydroxylation sites is 1. The van der Waals surface area contributed by atoms with E-state index in [0.29, 0.717) is 34.6 Å². The van der Waals surface area contributed by atoms with Gasteiger partial charge in [0, 0.05) is 18.6 Å². The van der Waals surface area contributed by atoms with Crippen LogP contribution in [0.25, 0.3) is 11.0 Å². The minimum atomic E-state index is -0.567. The van der Waals surface area contributed by atoms with E-state index in [1.54, 1.807) is 20.1 Å². The van der Waals surface area contributed by atoms with Crippen molar-refractivity contribution in [3.8, 4) is 11.5 Å². The summed E-state index contributed by atoms with van der Waals surface area (Å²) in [5, 5.41) is 3.42. The molecule has 0 aliphatic carbocycles. The molecule has 6 heteroatoms. The second-order valence-electron chi connectivity index (χ2n) is 7.45. The lowest BCUT2D eigenvalue weighted by Crippen LogP contribution is -2.46. The van der Waals surface area contributed by atoms with Crippen molar-refractivity contribution in [3.05, 3.63) is 59.1 Å². The lowest BCUT2D eigenvalue weighted by Gasteiger charge is -2.25. The Bertz CT molecular complexity index is 1020. The van der Waals surface area contributed by atoms with Crippen molar-refractivity contribution in [3.63, 3.8) is 0 Å². The largest absolute Gasteiger partial charge is 0.460 e. The molecule has 0 unspecified atom stereocenters. The van der Waals surface area contributed by atoms with Gasteiger partial charge in [-0.3, -0.25) is 4.79 Å². The summed E-state index contributed by atoms with van der Waals surface area (Å²) in [4.78, 5) is 12.9. The molecule has 1 heterocycles. The molecule has 148 valence electrons. The molecule has 2 aromatic carbocycles. The van der Waals surface area contributed by atoms with Gasteiger partial charge in [0.2, 0.25) is 0 Å². The van der Waals surface area contributed by atoms with Crippen molar-refractivity contribution < 1.29 is 23.1 Å². The maximum Gasteiger partial charge on any atom is 0.255 e. The number of aryl methyl sites for hydroxylation is 2. The number of ether oxygens (including phenoxy) is 2. The highest BCUT2D eigenvalue weighted by molar-refractivity contribution is 6.07. The maximum atomic E-state index is 14.5. The fourth-order valence-electron chi connectivity index (χ4n) is 3.14. The first-order valence-electron chi connectivity index (χ1n) is 8.99. The normalized spacial score (nSPS) is 11.6. The molecule has 1 amide bonds. The topological polar surface area (TPSA) is 60.7 Å². The molecule has 0 radical (unpaired) electrons. The van der Waals surface area contributed by atoms with E-state index >= 15 is 0 Å². The third-order valence-corrected chi connectivity index (χ3v) is 4.42. The number of fused-ring (bicyclic) bond motifs is 1. The smallest absolute Gasteiger partial charge is 0.255 e. The number of nitrogens with one attached hydrogen (secondary N) is 1. The van der Waals surface area contributed by atoms with E-state index in [0.717, 1.165) is 5.56 Å². The van der Waals surface area contributed by atoms with E-state index in [4.69, 9.17) is 13.9 Å². The number of carbonyl (C=O) groups excluding carboxylic acids is 1. The Labute approximate surface area is 163 Å². The molecule has 1 aromatic heterocycles. The van der Waals surface area contributed by atoms with Crippen LogP contribution >= 0.6 is 0 Å². The number of methoxy groups -OCH3 is 1. The molecule has 0 atom stereocenters. The first-order valence-corrected chi connectivity index (χ1v) is 8.99. The second-order valence-corrected chi connectivity index (χ2v) is 7.45. The first kappa shape index (κ1) is 19.9. The number of carbonyl (C=O) groups is 1. The van der Waals surface area contributed by atoms with Crippen LogP contribution in [-0.2, 0) is 4.74 Å². The Morgan fingerprint density at radius 3 is 2.57 bits per heavy atom. The van der Waals surface area contributed by atoms with Crippen molar-refractivity contribution in [2.24, 2.45) is 0 Å². The first-order chi connectivity index (χ1) is 13.2. The van der Waals surface area contributed by atoms with E-state index in [1.807, 2.05) is 39.0 Å². The molecular formula is C22H24FNO4. The van der Waals surface area contributed by atoms with Crippen LogP contribution in [0.2, 0.25) is 0 Å². The highest BCUT2D eigenvalue weighted by Gasteiger charge is 2.26. The van der Waals surface area contributed by atoms with Crippen molar-refractivity contribution in [2.45, 2.75) is 33.2 Å². The number of amides is 1. The quantitative estimate of drug-likeness (QED) is 0.639. The van der Waals surface area contributed by atoms with E-state index in [-0.39, 0.29) is 11.7 Å². The van der Waals surface area contributed by atoms with Gasteiger partial charge in [0.15, 0.2) is 11.6 Å². The number of hydrogen-bond acceptors (Lipinski definition) is 4. The third-order valence-electron chi connectivity index (χ3n) is 4.42. The molecule has 1 N–H and O–H groups in total. The number of benzene rings is 2. The molecule has 0 spiro atoms. The molecule has 0 saturated carbocycles. The van der Waals surface area contributed by atoms with Gasteiger partial charge >= 0.3 is 0 Å². The fraction of sp³-hybridized carbons (Fsp3) is 0.318.